The number of aliphatic hydroxyl groups excluding tert-OH is 2. The smallest absolute Gasteiger partial charge is 0.185 e. The van der Waals surface area contributed by atoms with E-state index in [1.165, 1.54) is 13.0 Å². The molecule has 2 rings (SSSR count). The first-order valence-electron chi connectivity index (χ1n) is 6.71. The number of rotatable bonds is 5. The minimum atomic E-state index is -1.05. The van der Waals surface area contributed by atoms with Gasteiger partial charge in [0, 0.05) is 18.1 Å². The van der Waals surface area contributed by atoms with E-state index in [-0.39, 0.29) is 10.9 Å². The Balaban J connectivity index is 2.21. The van der Waals surface area contributed by atoms with Crippen LogP contribution in [0.5, 0.6) is 5.75 Å². The number of carbonyl (C=O) groups is 1. The number of benzene rings is 2. The van der Waals surface area contributed by atoms with Gasteiger partial charge in [-0.2, -0.15) is 0 Å². The monoisotopic (exact) mass is 306 g/mol. The molecule has 0 aliphatic heterocycles. The van der Waals surface area contributed by atoms with E-state index in [2.05, 4.69) is 0 Å². The Morgan fingerprint density at radius 2 is 1.81 bits per heavy atom. The summed E-state index contributed by atoms with van der Waals surface area (Å²) in [5.41, 5.74) is 0.573. The predicted octanol–water partition coefficient (Wildman–Crippen LogP) is 2.61. The Morgan fingerprint density at radius 1 is 1.14 bits per heavy atom. The fourth-order valence-electron chi connectivity index (χ4n) is 2.25. The van der Waals surface area contributed by atoms with E-state index in [9.17, 15) is 20.1 Å². The van der Waals surface area contributed by atoms with Crippen molar-refractivity contribution in [1.82, 2.24) is 0 Å². The van der Waals surface area contributed by atoms with Crippen LogP contribution in [0.4, 0.5) is 0 Å². The molecule has 2 aromatic carbocycles. The third kappa shape index (κ3) is 3.75. The van der Waals surface area contributed by atoms with Crippen molar-refractivity contribution in [2.75, 3.05) is 5.75 Å². The van der Waals surface area contributed by atoms with Crippen LogP contribution in [0.2, 0.25) is 0 Å². The topological polar surface area (TPSA) is 77.8 Å². The van der Waals surface area contributed by atoms with E-state index in [4.69, 9.17) is 0 Å². The summed E-state index contributed by atoms with van der Waals surface area (Å²) in [6, 6.07) is 10.3. The molecule has 0 fully saturated rings. The minimum absolute atomic E-state index is 0.00762. The summed E-state index contributed by atoms with van der Waals surface area (Å²) >= 11 is 1.13. The van der Waals surface area contributed by atoms with Crippen molar-refractivity contribution < 1.29 is 20.1 Å². The van der Waals surface area contributed by atoms with Crippen LogP contribution in [0.1, 0.15) is 25.0 Å². The molecule has 21 heavy (non-hydrogen) atoms. The van der Waals surface area contributed by atoms with Crippen LogP contribution in [0, 0.1) is 0 Å². The summed E-state index contributed by atoms with van der Waals surface area (Å²) < 4.78 is 0. The molecule has 4 nitrogen and oxygen atoms in total. The van der Waals surface area contributed by atoms with Gasteiger partial charge >= 0.3 is 0 Å². The van der Waals surface area contributed by atoms with Crippen molar-refractivity contribution in [3.63, 3.8) is 0 Å². The summed E-state index contributed by atoms with van der Waals surface area (Å²) in [6.45, 7) is 1.47. The van der Waals surface area contributed by atoms with Gasteiger partial charge in [0.05, 0.1) is 6.10 Å². The van der Waals surface area contributed by atoms with Gasteiger partial charge in [-0.05, 0) is 23.4 Å². The Bertz CT molecular complexity index is 641. The number of phenols is 1. The minimum Gasteiger partial charge on any atom is -0.507 e. The van der Waals surface area contributed by atoms with Crippen LogP contribution < -0.4 is 0 Å². The zero-order valence-electron chi connectivity index (χ0n) is 11.7. The molecule has 0 radical (unpaired) electrons. The van der Waals surface area contributed by atoms with Crippen LogP contribution in [0.25, 0.3) is 10.8 Å². The summed E-state index contributed by atoms with van der Waals surface area (Å²) in [4.78, 5) is 10.9. The van der Waals surface area contributed by atoms with Crippen molar-refractivity contribution in [1.29, 1.82) is 0 Å². The average Bonchev–Trinajstić information content (AvgIpc) is 2.47. The molecule has 2 atom stereocenters. The van der Waals surface area contributed by atoms with E-state index >= 15 is 0 Å². The van der Waals surface area contributed by atoms with Crippen LogP contribution in [0.15, 0.2) is 36.4 Å². The van der Waals surface area contributed by atoms with Crippen molar-refractivity contribution in [3.05, 3.63) is 42.0 Å². The normalized spacial score (nSPS) is 14.0. The largest absolute Gasteiger partial charge is 0.507 e. The number of fused-ring (bicyclic) bond motifs is 1. The number of carbonyl (C=O) groups excluding carboxylic acids is 1. The molecule has 0 saturated carbocycles. The average molecular weight is 306 g/mol. The third-order valence-electron chi connectivity index (χ3n) is 3.34. The highest BCUT2D eigenvalue weighted by Crippen LogP contribution is 2.32. The molecule has 0 aliphatic rings. The summed E-state index contributed by atoms with van der Waals surface area (Å²) in [5.74, 6) is 0.604. The van der Waals surface area contributed by atoms with Crippen LogP contribution >= 0.6 is 11.8 Å². The van der Waals surface area contributed by atoms with Crippen LogP contribution in [-0.4, -0.2) is 32.3 Å². The fraction of sp³-hybridized carbons (Fsp3) is 0.312. The molecular formula is C16H18O4S. The van der Waals surface area contributed by atoms with Crippen molar-refractivity contribution in [2.24, 2.45) is 0 Å². The number of hydrogen-bond acceptors (Lipinski definition) is 5. The first-order valence-corrected chi connectivity index (χ1v) is 7.69. The molecule has 0 aromatic heterocycles. The molecule has 0 bridgehead atoms. The zero-order chi connectivity index (χ0) is 15.4. The molecule has 0 spiro atoms. The zero-order valence-corrected chi connectivity index (χ0v) is 12.5. The molecule has 2 unspecified atom stereocenters. The van der Waals surface area contributed by atoms with Gasteiger partial charge in [0.1, 0.15) is 11.9 Å². The lowest BCUT2D eigenvalue weighted by molar-refractivity contribution is -0.109. The number of phenolic OH excluding ortho intramolecular Hbond substituents is 1. The SMILES string of the molecule is CC(=O)SCCC(O)C(O)c1ccc(O)c2ccccc12. The van der Waals surface area contributed by atoms with Crippen molar-refractivity contribution in [2.45, 2.75) is 25.6 Å². The fourth-order valence-corrected chi connectivity index (χ4v) is 2.90. The highest BCUT2D eigenvalue weighted by molar-refractivity contribution is 8.13. The van der Waals surface area contributed by atoms with Crippen LogP contribution in [-0.2, 0) is 4.79 Å². The predicted molar refractivity (Wildman–Crippen MR) is 84.3 cm³/mol. The van der Waals surface area contributed by atoms with Crippen molar-refractivity contribution >= 4 is 27.6 Å². The Kier molecular flexibility index (Phi) is 5.22. The van der Waals surface area contributed by atoms with E-state index in [0.717, 1.165) is 11.8 Å². The Morgan fingerprint density at radius 3 is 2.48 bits per heavy atom. The molecule has 0 amide bonds. The molecule has 112 valence electrons. The number of aliphatic hydroxyl groups is 2. The highest BCUT2D eigenvalue weighted by Gasteiger charge is 2.21. The van der Waals surface area contributed by atoms with E-state index in [1.54, 1.807) is 24.3 Å². The van der Waals surface area contributed by atoms with Gasteiger partial charge in [0.25, 0.3) is 0 Å². The first kappa shape index (κ1) is 15.8. The maximum Gasteiger partial charge on any atom is 0.185 e. The van der Waals surface area contributed by atoms with Gasteiger partial charge in [-0.1, -0.05) is 42.1 Å². The quantitative estimate of drug-likeness (QED) is 0.791. The maximum atomic E-state index is 10.9. The first-order chi connectivity index (χ1) is 10.0. The van der Waals surface area contributed by atoms with Crippen LogP contribution in [0.3, 0.4) is 0 Å². The van der Waals surface area contributed by atoms with E-state index in [1.807, 2.05) is 6.07 Å². The number of hydrogen-bond donors (Lipinski definition) is 3. The lowest BCUT2D eigenvalue weighted by Gasteiger charge is -2.20. The Labute approximate surface area is 127 Å². The van der Waals surface area contributed by atoms with Gasteiger partial charge in [0.2, 0.25) is 0 Å². The van der Waals surface area contributed by atoms with E-state index < -0.39 is 12.2 Å². The highest BCUT2D eigenvalue weighted by atomic mass is 32.2. The van der Waals surface area contributed by atoms with Crippen molar-refractivity contribution in [3.8, 4) is 5.75 Å². The molecule has 0 heterocycles. The van der Waals surface area contributed by atoms with Gasteiger partial charge < -0.3 is 15.3 Å². The second-order valence-corrected chi connectivity index (χ2v) is 6.13. The Hall–Kier alpha value is -1.56. The second-order valence-electron chi connectivity index (χ2n) is 4.86. The number of aromatic hydroxyl groups is 1. The molecule has 2 aromatic rings. The summed E-state index contributed by atoms with van der Waals surface area (Å²) in [7, 11) is 0. The standard InChI is InChI=1S/C16H18O4S/c1-10(17)21-9-8-15(19)16(20)13-6-7-14(18)12-5-3-2-4-11(12)13/h2-7,15-16,18-20H,8-9H2,1H3. The third-order valence-corrected chi connectivity index (χ3v) is 4.18. The molecular weight excluding hydrogens is 288 g/mol. The van der Waals surface area contributed by atoms with Gasteiger partial charge in [0.15, 0.2) is 5.12 Å². The molecule has 0 saturated heterocycles. The molecule has 3 N–H and O–H groups in total. The summed E-state index contributed by atoms with van der Waals surface area (Å²) in [5, 5.41) is 31.6. The van der Waals surface area contributed by atoms with Gasteiger partial charge in [-0.15, -0.1) is 0 Å². The van der Waals surface area contributed by atoms with Gasteiger partial charge in [-0.3, -0.25) is 4.79 Å². The summed E-state index contributed by atoms with van der Waals surface area (Å²) in [6.07, 6.45) is -1.69. The lowest BCUT2D eigenvalue weighted by atomic mass is 9.96. The molecule has 5 heteroatoms. The maximum absolute atomic E-state index is 10.9. The van der Waals surface area contributed by atoms with Gasteiger partial charge in [-0.25, -0.2) is 0 Å². The van der Waals surface area contributed by atoms with E-state index in [0.29, 0.717) is 28.5 Å². The molecule has 0 aliphatic carbocycles. The second kappa shape index (κ2) is 6.93. The number of thioether (sulfide) groups is 1. The lowest BCUT2D eigenvalue weighted by Crippen LogP contribution is -2.19.